The largest absolute Gasteiger partial charge is 0.0683 e. The Bertz CT molecular complexity index is 566. The van der Waals surface area contributed by atoms with E-state index in [0.29, 0.717) is 0 Å². The van der Waals surface area contributed by atoms with E-state index in [0.717, 1.165) is 15.0 Å². The molecule has 0 saturated carbocycles. The Morgan fingerprint density at radius 2 is 0.913 bits per heavy atom. The third-order valence-electron chi connectivity index (χ3n) is 3.09. The van der Waals surface area contributed by atoms with E-state index in [1.165, 1.54) is 16.2 Å². The average molecular weight is 322 g/mol. The van der Waals surface area contributed by atoms with Crippen LogP contribution in [0.25, 0.3) is 0 Å². The van der Waals surface area contributed by atoms with Gasteiger partial charge in [0.15, 0.2) is 0 Å². The van der Waals surface area contributed by atoms with Gasteiger partial charge < -0.3 is 0 Å². The molecule has 0 atom stereocenters. The molecule has 0 radical (unpaired) electrons. The van der Waals surface area contributed by atoms with Crippen LogP contribution in [0.3, 0.4) is 0 Å². The summed E-state index contributed by atoms with van der Waals surface area (Å²) in [6.07, 6.45) is 1.14. The normalized spacial score (nSPS) is 9.00. The molecule has 120 valence electrons. The second kappa shape index (κ2) is 12.6. The molecule has 0 aliphatic heterocycles. The van der Waals surface area contributed by atoms with Crippen molar-refractivity contribution in [2.75, 3.05) is 0 Å². The van der Waals surface area contributed by atoms with Gasteiger partial charge in [0, 0.05) is 0 Å². The number of hydrogen-bond acceptors (Lipinski definition) is 0. The minimum atomic E-state index is 0.777. The van der Waals surface area contributed by atoms with Crippen molar-refractivity contribution in [2.24, 2.45) is 0 Å². The predicted molar refractivity (Wildman–Crippen MR) is 108 cm³/mol. The lowest BCUT2D eigenvalue weighted by molar-refractivity contribution is 1.14. The topological polar surface area (TPSA) is 0 Å². The fourth-order valence-electron chi connectivity index (χ4n) is 1.92. The van der Waals surface area contributed by atoms with Gasteiger partial charge in [-0.3, -0.25) is 0 Å². The van der Waals surface area contributed by atoms with Crippen LogP contribution in [0.2, 0.25) is 0 Å². The molecule has 0 amide bonds. The molecule has 0 saturated heterocycles. The summed E-state index contributed by atoms with van der Waals surface area (Å²) in [7, 11) is 0.777. The van der Waals surface area contributed by atoms with Gasteiger partial charge in [-0.25, -0.2) is 0 Å². The summed E-state index contributed by atoms with van der Waals surface area (Å²) < 4.78 is 0. The van der Waals surface area contributed by atoms with Crippen molar-refractivity contribution in [1.82, 2.24) is 0 Å². The first kappa shape index (κ1) is 19.1. The lowest BCUT2D eigenvalue weighted by atomic mass is 10.2. The Morgan fingerprint density at radius 3 is 1.22 bits per heavy atom. The van der Waals surface area contributed by atoms with Crippen LogP contribution in [0, 0.1) is 0 Å². The zero-order valence-electron chi connectivity index (χ0n) is 14.4. The molecule has 0 unspecified atom stereocenters. The van der Waals surface area contributed by atoms with E-state index in [9.17, 15) is 0 Å². The summed E-state index contributed by atoms with van der Waals surface area (Å²) in [5.41, 5.74) is 1.41. The van der Waals surface area contributed by atoms with Crippen LogP contribution in [0.1, 0.15) is 26.3 Å². The molecule has 0 nitrogen and oxygen atoms in total. The zero-order valence-corrected chi connectivity index (χ0v) is 15.4. The first-order valence-electron chi connectivity index (χ1n) is 8.29. The maximum absolute atomic E-state index is 2.17. The minimum absolute atomic E-state index is 0.777. The highest BCUT2D eigenvalue weighted by atomic mass is 31.1. The Morgan fingerprint density at radius 1 is 0.565 bits per heavy atom. The Kier molecular flexibility index (Phi) is 10.5. The third kappa shape index (κ3) is 8.33. The molecule has 3 aromatic carbocycles. The molecule has 0 aromatic heterocycles. The van der Waals surface area contributed by atoms with Gasteiger partial charge >= 0.3 is 0 Å². The Labute approximate surface area is 143 Å². The highest BCUT2D eigenvalue weighted by Crippen LogP contribution is 2.08. The lowest BCUT2D eigenvalue weighted by Gasteiger charge is -2.00. The van der Waals surface area contributed by atoms with Gasteiger partial charge in [0.25, 0.3) is 0 Å². The fourth-order valence-corrected chi connectivity index (χ4v) is 2.97. The first-order valence-corrected chi connectivity index (χ1v) is 9.29. The van der Waals surface area contributed by atoms with Crippen LogP contribution in [-0.4, -0.2) is 0 Å². The summed E-state index contributed by atoms with van der Waals surface area (Å²) in [6, 6.07) is 31.6. The maximum atomic E-state index is 2.17. The van der Waals surface area contributed by atoms with E-state index < -0.39 is 0 Å². The van der Waals surface area contributed by atoms with E-state index in [2.05, 4.69) is 91.9 Å². The van der Waals surface area contributed by atoms with E-state index in [1.807, 2.05) is 19.9 Å². The monoisotopic (exact) mass is 322 g/mol. The summed E-state index contributed by atoms with van der Waals surface area (Å²) in [5, 5.41) is 2.79. The van der Waals surface area contributed by atoms with Crippen molar-refractivity contribution in [3.63, 3.8) is 0 Å². The number of rotatable bonds is 3. The maximum Gasteiger partial charge on any atom is -0.0226 e. The second-order valence-corrected chi connectivity index (χ2v) is 6.10. The van der Waals surface area contributed by atoms with Crippen LogP contribution >= 0.6 is 8.58 Å². The van der Waals surface area contributed by atoms with Gasteiger partial charge in [-0.2, -0.15) is 0 Å². The van der Waals surface area contributed by atoms with Crippen molar-refractivity contribution in [2.45, 2.75) is 27.2 Å². The van der Waals surface area contributed by atoms with Gasteiger partial charge in [-0.1, -0.05) is 120 Å². The lowest BCUT2D eigenvalue weighted by Crippen LogP contribution is -2.01. The molecular formula is C22H27P. The molecule has 23 heavy (non-hydrogen) atoms. The molecular weight excluding hydrogens is 295 g/mol. The van der Waals surface area contributed by atoms with Crippen LogP contribution < -0.4 is 10.6 Å². The molecule has 0 aliphatic carbocycles. The van der Waals surface area contributed by atoms with E-state index in [4.69, 9.17) is 0 Å². The van der Waals surface area contributed by atoms with Gasteiger partial charge in [0.05, 0.1) is 0 Å². The first-order chi connectivity index (χ1) is 11.4. The quantitative estimate of drug-likeness (QED) is 0.551. The molecule has 3 aromatic rings. The fraction of sp³-hybridized carbons (Fsp3) is 0.182. The molecule has 0 heterocycles. The predicted octanol–water partition coefficient (Wildman–Crippen LogP) is 5.59. The average Bonchev–Trinajstić information content (AvgIpc) is 2.66. The number of benzene rings is 3. The van der Waals surface area contributed by atoms with E-state index >= 15 is 0 Å². The van der Waals surface area contributed by atoms with Gasteiger partial charge in [-0.05, 0) is 22.6 Å². The molecule has 0 N–H and O–H groups in total. The van der Waals surface area contributed by atoms with Crippen molar-refractivity contribution < 1.29 is 0 Å². The van der Waals surface area contributed by atoms with Gasteiger partial charge in [-0.15, -0.1) is 0 Å². The molecule has 0 fully saturated rings. The summed E-state index contributed by atoms with van der Waals surface area (Å²) in [4.78, 5) is 0. The smallest absolute Gasteiger partial charge is 0.0226 e. The van der Waals surface area contributed by atoms with Gasteiger partial charge in [0.1, 0.15) is 0 Å². The van der Waals surface area contributed by atoms with Crippen molar-refractivity contribution >= 4 is 19.2 Å². The van der Waals surface area contributed by atoms with Crippen LogP contribution in [0.5, 0.6) is 0 Å². The summed E-state index contributed by atoms with van der Waals surface area (Å²) in [5.74, 6) is 0. The molecule has 0 spiro atoms. The Hall–Kier alpha value is -1.91. The zero-order chi connectivity index (χ0) is 16.8. The highest BCUT2D eigenvalue weighted by molar-refractivity contribution is 7.55. The Balaban J connectivity index is 0.000000228. The van der Waals surface area contributed by atoms with Crippen molar-refractivity contribution in [1.29, 1.82) is 0 Å². The summed E-state index contributed by atoms with van der Waals surface area (Å²) >= 11 is 0. The number of aryl methyl sites for hydroxylation is 1. The van der Waals surface area contributed by atoms with Crippen molar-refractivity contribution in [3.8, 4) is 0 Å². The molecule has 0 bridgehead atoms. The summed E-state index contributed by atoms with van der Waals surface area (Å²) in [6.45, 7) is 6.16. The van der Waals surface area contributed by atoms with Crippen LogP contribution in [0.4, 0.5) is 0 Å². The standard InChI is InChI=1S/C12H11P.C8H10.C2H6/c1-3-7-11(8-4-1)13-12-9-5-2-6-10-12;1-2-8-6-4-3-5-7-8;1-2/h1-10,13H;3-7H,2H2,1H3;1-2H3. The minimum Gasteiger partial charge on any atom is -0.0683 e. The van der Waals surface area contributed by atoms with E-state index in [-0.39, 0.29) is 0 Å². The second-order valence-electron chi connectivity index (χ2n) is 4.70. The van der Waals surface area contributed by atoms with Crippen molar-refractivity contribution in [3.05, 3.63) is 96.6 Å². The number of hydrogen-bond donors (Lipinski definition) is 0. The molecule has 0 aliphatic rings. The molecule has 3 rings (SSSR count). The van der Waals surface area contributed by atoms with E-state index in [1.54, 1.807) is 0 Å². The SMILES string of the molecule is CC.CCc1ccccc1.c1ccc(Pc2ccccc2)cc1. The highest BCUT2D eigenvalue weighted by Gasteiger charge is 1.92. The molecule has 1 heteroatoms. The third-order valence-corrected chi connectivity index (χ3v) is 4.33. The van der Waals surface area contributed by atoms with Crippen LogP contribution in [-0.2, 0) is 6.42 Å². The van der Waals surface area contributed by atoms with Gasteiger partial charge in [0.2, 0.25) is 0 Å². The van der Waals surface area contributed by atoms with Crippen LogP contribution in [0.15, 0.2) is 91.0 Å².